The van der Waals surface area contributed by atoms with Gasteiger partial charge in [0.25, 0.3) is 0 Å². The van der Waals surface area contributed by atoms with Gasteiger partial charge in [-0.3, -0.25) is 4.89 Å². The Hall–Kier alpha value is -1.30. The third-order valence-corrected chi connectivity index (χ3v) is 5.10. The summed E-state index contributed by atoms with van der Waals surface area (Å²) in [7, 11) is 0. The summed E-state index contributed by atoms with van der Waals surface area (Å²) in [5, 5.41) is 9.92. The Balaban J connectivity index is 0.000000221. The van der Waals surface area contributed by atoms with Gasteiger partial charge in [-0.25, -0.2) is 4.79 Å². The highest BCUT2D eigenvalue weighted by molar-refractivity contribution is 6.35. The molecule has 0 spiro atoms. The van der Waals surface area contributed by atoms with E-state index in [1.165, 1.54) is 49.8 Å². The van der Waals surface area contributed by atoms with Gasteiger partial charge in [0.15, 0.2) is 0 Å². The highest BCUT2D eigenvalue weighted by atomic mass is 35.5. The van der Waals surface area contributed by atoms with Gasteiger partial charge in [-0.05, 0) is 55.2 Å². The van der Waals surface area contributed by atoms with Crippen LogP contribution in [0, 0.1) is 0 Å². The van der Waals surface area contributed by atoms with E-state index in [0.717, 1.165) is 18.1 Å². The van der Waals surface area contributed by atoms with Crippen LogP contribution in [-0.2, 0) is 16.0 Å². The van der Waals surface area contributed by atoms with Crippen LogP contribution in [-0.4, -0.2) is 23.9 Å². The molecule has 28 heavy (non-hydrogen) atoms. The van der Waals surface area contributed by atoms with E-state index in [0.29, 0.717) is 16.1 Å². The number of hydrogen-bond acceptors (Lipinski definition) is 4. The lowest BCUT2D eigenvalue weighted by molar-refractivity contribution is -0.182. The molecule has 0 saturated carbocycles. The standard InChI is InChI=1S/C14H18Cl2O.C7H5ClO3/c15-12-8-7-11(14(16)9-12)5-3-1-2-4-6-13-10-17-13;8-6-3-1-2-5(4-6)7(9)11-10/h7-9,13H,1-6,10H2;1-4,10H. The molecule has 1 heterocycles. The van der Waals surface area contributed by atoms with Crippen molar-refractivity contribution in [2.45, 2.75) is 44.6 Å². The maximum atomic E-state index is 10.6. The van der Waals surface area contributed by atoms with Gasteiger partial charge in [-0.1, -0.05) is 66.2 Å². The first-order chi connectivity index (χ1) is 13.5. The summed E-state index contributed by atoms with van der Waals surface area (Å²) in [5.41, 5.74) is 1.43. The summed E-state index contributed by atoms with van der Waals surface area (Å²) in [6.45, 7) is 0.986. The molecule has 4 nitrogen and oxygen atoms in total. The van der Waals surface area contributed by atoms with E-state index >= 15 is 0 Å². The number of benzene rings is 2. The van der Waals surface area contributed by atoms with Crippen LogP contribution in [0.15, 0.2) is 42.5 Å². The van der Waals surface area contributed by atoms with Crippen molar-refractivity contribution in [3.8, 4) is 0 Å². The topological polar surface area (TPSA) is 59.1 Å². The Kier molecular flexibility index (Phi) is 10.1. The van der Waals surface area contributed by atoms with Crippen LogP contribution in [0.5, 0.6) is 0 Å². The molecular weight excluding hydrogens is 423 g/mol. The molecule has 1 fully saturated rings. The van der Waals surface area contributed by atoms with Crippen molar-refractivity contribution in [1.82, 2.24) is 0 Å². The molecule has 1 N–H and O–H groups in total. The van der Waals surface area contributed by atoms with Crippen LogP contribution >= 0.6 is 34.8 Å². The lowest BCUT2D eigenvalue weighted by Gasteiger charge is -2.04. The molecule has 1 atom stereocenters. The van der Waals surface area contributed by atoms with E-state index in [2.05, 4.69) is 4.89 Å². The van der Waals surface area contributed by atoms with Crippen molar-refractivity contribution in [3.05, 3.63) is 68.7 Å². The summed E-state index contributed by atoms with van der Waals surface area (Å²) in [4.78, 5) is 14.1. The highest BCUT2D eigenvalue weighted by Crippen LogP contribution is 2.23. The van der Waals surface area contributed by atoms with Crippen LogP contribution in [0.1, 0.15) is 48.0 Å². The van der Waals surface area contributed by atoms with Gasteiger partial charge < -0.3 is 4.74 Å². The van der Waals surface area contributed by atoms with Gasteiger partial charge in [0.1, 0.15) is 0 Å². The molecule has 0 aliphatic carbocycles. The Labute approximate surface area is 180 Å². The van der Waals surface area contributed by atoms with Crippen molar-refractivity contribution < 1.29 is 19.7 Å². The van der Waals surface area contributed by atoms with E-state index in [1.807, 2.05) is 18.2 Å². The van der Waals surface area contributed by atoms with Gasteiger partial charge in [0.2, 0.25) is 0 Å². The van der Waals surface area contributed by atoms with Crippen LogP contribution < -0.4 is 0 Å². The third kappa shape index (κ3) is 8.80. The fourth-order valence-electron chi connectivity index (χ4n) is 2.67. The van der Waals surface area contributed by atoms with E-state index in [-0.39, 0.29) is 5.56 Å². The first-order valence-corrected chi connectivity index (χ1v) is 10.3. The zero-order valence-electron chi connectivity index (χ0n) is 15.4. The number of halogens is 3. The van der Waals surface area contributed by atoms with Gasteiger partial charge >= 0.3 is 5.97 Å². The molecule has 0 bridgehead atoms. The Bertz CT molecular complexity index is 763. The molecule has 1 aliphatic rings. The van der Waals surface area contributed by atoms with Crippen molar-refractivity contribution in [3.63, 3.8) is 0 Å². The zero-order chi connectivity index (χ0) is 20.4. The molecule has 1 unspecified atom stereocenters. The molecule has 1 saturated heterocycles. The smallest absolute Gasteiger partial charge is 0.372 e. The van der Waals surface area contributed by atoms with Crippen molar-refractivity contribution in [2.75, 3.05) is 6.61 Å². The molecule has 7 heteroatoms. The quantitative estimate of drug-likeness (QED) is 0.209. The van der Waals surface area contributed by atoms with E-state index in [4.69, 9.17) is 44.8 Å². The summed E-state index contributed by atoms with van der Waals surface area (Å²) in [6, 6.07) is 11.9. The molecule has 2 aromatic rings. The molecule has 0 radical (unpaired) electrons. The van der Waals surface area contributed by atoms with Crippen LogP contribution in [0.4, 0.5) is 0 Å². The summed E-state index contributed by atoms with van der Waals surface area (Å²) >= 11 is 17.5. The molecule has 152 valence electrons. The lowest BCUT2D eigenvalue weighted by Crippen LogP contribution is -2.00. The average molecular weight is 446 g/mol. The van der Waals surface area contributed by atoms with E-state index < -0.39 is 5.97 Å². The fourth-order valence-corrected chi connectivity index (χ4v) is 3.36. The number of epoxide rings is 1. The van der Waals surface area contributed by atoms with Crippen molar-refractivity contribution in [1.29, 1.82) is 0 Å². The number of rotatable bonds is 8. The van der Waals surface area contributed by atoms with Gasteiger partial charge in [-0.15, -0.1) is 0 Å². The van der Waals surface area contributed by atoms with Gasteiger partial charge in [0, 0.05) is 15.1 Å². The molecule has 1 aliphatic heterocycles. The normalized spacial score (nSPS) is 14.8. The monoisotopic (exact) mass is 444 g/mol. The maximum Gasteiger partial charge on any atom is 0.372 e. The predicted molar refractivity (Wildman–Crippen MR) is 112 cm³/mol. The molecule has 0 amide bonds. The Morgan fingerprint density at radius 1 is 1.04 bits per heavy atom. The van der Waals surface area contributed by atoms with Crippen LogP contribution in [0.2, 0.25) is 15.1 Å². The first kappa shape index (κ1) is 23.0. The Morgan fingerprint density at radius 2 is 1.75 bits per heavy atom. The van der Waals surface area contributed by atoms with Gasteiger partial charge in [-0.2, -0.15) is 5.26 Å². The molecular formula is C21H23Cl3O4. The summed E-state index contributed by atoms with van der Waals surface area (Å²) in [5.74, 6) is -0.813. The van der Waals surface area contributed by atoms with Gasteiger partial charge in [0.05, 0.1) is 18.3 Å². The number of carbonyl (C=O) groups excluding carboxylic acids is 1. The van der Waals surface area contributed by atoms with Crippen molar-refractivity contribution in [2.24, 2.45) is 0 Å². The predicted octanol–water partition coefficient (Wildman–Crippen LogP) is 6.86. The molecule has 3 rings (SSSR count). The minimum Gasteiger partial charge on any atom is -0.373 e. The van der Waals surface area contributed by atoms with Crippen LogP contribution in [0.3, 0.4) is 0 Å². The lowest BCUT2D eigenvalue weighted by atomic mass is 10.0. The van der Waals surface area contributed by atoms with Crippen LogP contribution in [0.25, 0.3) is 0 Å². The maximum absolute atomic E-state index is 10.6. The fraction of sp³-hybridized carbons (Fsp3) is 0.381. The number of carbonyl (C=O) groups is 1. The molecule has 2 aromatic carbocycles. The summed E-state index contributed by atoms with van der Waals surface area (Å²) < 4.78 is 5.18. The second-order valence-corrected chi connectivity index (χ2v) is 7.81. The number of hydrogen-bond donors (Lipinski definition) is 1. The van der Waals surface area contributed by atoms with E-state index in [9.17, 15) is 4.79 Å². The highest BCUT2D eigenvalue weighted by Gasteiger charge is 2.20. The zero-order valence-corrected chi connectivity index (χ0v) is 17.6. The minimum absolute atomic E-state index is 0.222. The van der Waals surface area contributed by atoms with Crippen molar-refractivity contribution >= 4 is 40.8 Å². The first-order valence-electron chi connectivity index (χ1n) is 9.16. The molecule has 0 aromatic heterocycles. The second kappa shape index (κ2) is 12.3. The average Bonchev–Trinajstić information content (AvgIpc) is 3.50. The van der Waals surface area contributed by atoms with E-state index in [1.54, 1.807) is 12.1 Å². The number of aryl methyl sites for hydroxylation is 1. The Morgan fingerprint density at radius 3 is 2.39 bits per heavy atom. The number of ether oxygens (including phenoxy) is 1. The number of unbranched alkanes of at least 4 members (excludes halogenated alkanes) is 3. The SMILES string of the molecule is Clc1ccc(CCCCCCC2CO2)c(Cl)c1.O=C(OO)c1cccc(Cl)c1. The minimum atomic E-state index is -0.813. The summed E-state index contributed by atoms with van der Waals surface area (Å²) in [6.07, 6.45) is 7.93. The largest absolute Gasteiger partial charge is 0.373 e. The second-order valence-electron chi connectivity index (χ2n) is 6.53. The third-order valence-electron chi connectivity index (χ3n) is 4.28.